The van der Waals surface area contributed by atoms with E-state index in [0.717, 1.165) is 0 Å². The van der Waals surface area contributed by atoms with Gasteiger partial charge in [-0.15, -0.1) is 0 Å². The molecule has 0 aromatic carbocycles. The lowest BCUT2D eigenvalue weighted by Crippen LogP contribution is -2.38. The number of amides is 1. The summed E-state index contributed by atoms with van der Waals surface area (Å²) < 4.78 is 10.8. The fourth-order valence-electron chi connectivity index (χ4n) is 1.37. The molecule has 18 heavy (non-hydrogen) atoms. The minimum absolute atomic E-state index is 0.153. The molecule has 1 amide bonds. The first kappa shape index (κ1) is 14.2. The number of ether oxygens (including phenoxy) is 2. The third-order valence-corrected chi connectivity index (χ3v) is 2.37. The van der Waals surface area contributed by atoms with E-state index in [0.29, 0.717) is 13.2 Å². The Kier molecular flexibility index (Phi) is 5.86. The van der Waals surface area contributed by atoms with Crippen LogP contribution < -0.4 is 0 Å². The van der Waals surface area contributed by atoms with Crippen molar-refractivity contribution in [1.29, 1.82) is 0 Å². The zero-order valence-electron chi connectivity index (χ0n) is 10.5. The molecule has 0 radical (unpaired) electrons. The first-order valence-corrected chi connectivity index (χ1v) is 5.52. The Morgan fingerprint density at radius 1 is 1.33 bits per heavy atom. The lowest BCUT2D eigenvalue weighted by molar-refractivity contribution is -0.140. The molecule has 0 bridgehead atoms. The lowest BCUT2D eigenvalue weighted by atomic mass is 10.4. The van der Waals surface area contributed by atoms with Gasteiger partial charge in [0.1, 0.15) is 6.33 Å². The van der Waals surface area contributed by atoms with Crippen LogP contribution in [0.25, 0.3) is 0 Å². The summed E-state index contributed by atoms with van der Waals surface area (Å²) in [4.78, 5) is 28.5. The van der Waals surface area contributed by atoms with Crippen molar-refractivity contribution >= 4 is 12.0 Å². The van der Waals surface area contributed by atoms with Gasteiger partial charge in [0.25, 0.3) is 0 Å². The molecule has 0 aliphatic heterocycles. The maximum atomic E-state index is 12.1. The van der Waals surface area contributed by atoms with Gasteiger partial charge in [-0.3, -0.25) is 9.36 Å². The SMILES string of the molecule is COCCN(CCC(=O)OC)C(=O)n1ccnc1. The Hall–Kier alpha value is -1.89. The molecule has 1 aromatic heterocycles. The maximum absolute atomic E-state index is 12.1. The Morgan fingerprint density at radius 3 is 2.67 bits per heavy atom. The van der Waals surface area contributed by atoms with E-state index in [1.54, 1.807) is 13.3 Å². The van der Waals surface area contributed by atoms with Gasteiger partial charge < -0.3 is 14.4 Å². The smallest absolute Gasteiger partial charge is 0.329 e. The predicted molar refractivity (Wildman–Crippen MR) is 63.1 cm³/mol. The summed E-state index contributed by atoms with van der Waals surface area (Å²) in [6.45, 7) is 1.10. The normalized spacial score (nSPS) is 10.1. The summed E-state index contributed by atoms with van der Waals surface area (Å²) in [5.74, 6) is -0.351. The van der Waals surface area contributed by atoms with Crippen LogP contribution in [0.15, 0.2) is 18.7 Å². The van der Waals surface area contributed by atoms with E-state index in [1.807, 2.05) is 0 Å². The van der Waals surface area contributed by atoms with Crippen LogP contribution >= 0.6 is 0 Å². The number of nitrogens with zero attached hydrogens (tertiary/aromatic N) is 3. The van der Waals surface area contributed by atoms with Crippen LogP contribution in [-0.2, 0) is 14.3 Å². The van der Waals surface area contributed by atoms with Crippen LogP contribution in [0.4, 0.5) is 4.79 Å². The second-order valence-electron chi connectivity index (χ2n) is 3.56. The van der Waals surface area contributed by atoms with Gasteiger partial charge in [-0.05, 0) is 0 Å². The Bertz CT molecular complexity index is 378. The number of carbonyl (C=O) groups excluding carboxylic acids is 2. The summed E-state index contributed by atoms with van der Waals surface area (Å²) in [7, 11) is 2.87. The molecule has 0 spiro atoms. The standard InChI is InChI=1S/C11H17N3O4/c1-17-8-7-13(5-3-10(15)18-2)11(16)14-6-4-12-9-14/h4,6,9H,3,5,7-8H2,1-2H3. The molecule has 0 N–H and O–H groups in total. The molecular weight excluding hydrogens is 238 g/mol. The molecule has 1 rings (SSSR count). The molecule has 0 aliphatic rings. The third-order valence-electron chi connectivity index (χ3n) is 2.37. The van der Waals surface area contributed by atoms with Crippen molar-refractivity contribution in [3.8, 4) is 0 Å². The highest BCUT2D eigenvalue weighted by atomic mass is 16.5. The fourth-order valence-corrected chi connectivity index (χ4v) is 1.37. The van der Waals surface area contributed by atoms with E-state index < -0.39 is 0 Å². The van der Waals surface area contributed by atoms with Gasteiger partial charge >= 0.3 is 12.0 Å². The van der Waals surface area contributed by atoms with E-state index in [4.69, 9.17) is 4.74 Å². The van der Waals surface area contributed by atoms with Crippen LogP contribution in [0.2, 0.25) is 0 Å². The first-order chi connectivity index (χ1) is 8.69. The highest BCUT2D eigenvalue weighted by Crippen LogP contribution is 1.99. The molecular formula is C11H17N3O4. The zero-order valence-corrected chi connectivity index (χ0v) is 10.5. The van der Waals surface area contributed by atoms with Crippen molar-refractivity contribution in [2.75, 3.05) is 33.9 Å². The van der Waals surface area contributed by atoms with E-state index in [9.17, 15) is 9.59 Å². The lowest BCUT2D eigenvalue weighted by Gasteiger charge is -2.21. The average Bonchev–Trinajstić information content (AvgIpc) is 2.91. The van der Waals surface area contributed by atoms with Crippen LogP contribution in [0, 0.1) is 0 Å². The highest BCUT2D eigenvalue weighted by molar-refractivity contribution is 5.77. The number of carbonyl (C=O) groups is 2. The van der Waals surface area contributed by atoms with Crippen molar-refractivity contribution in [3.05, 3.63) is 18.7 Å². The summed E-state index contributed by atoms with van der Waals surface area (Å²) in [5.41, 5.74) is 0. The summed E-state index contributed by atoms with van der Waals surface area (Å²) in [6, 6.07) is -0.242. The number of rotatable bonds is 6. The summed E-state index contributed by atoms with van der Waals surface area (Å²) in [6.07, 6.45) is 4.65. The van der Waals surface area contributed by atoms with Gasteiger partial charge in [0, 0.05) is 32.6 Å². The third kappa shape index (κ3) is 4.17. The number of hydrogen-bond donors (Lipinski definition) is 0. The van der Waals surface area contributed by atoms with Crippen molar-refractivity contribution in [2.24, 2.45) is 0 Å². The average molecular weight is 255 g/mol. The number of hydrogen-bond acceptors (Lipinski definition) is 5. The van der Waals surface area contributed by atoms with E-state index in [2.05, 4.69) is 9.72 Å². The van der Waals surface area contributed by atoms with Gasteiger partial charge in [-0.2, -0.15) is 0 Å². The van der Waals surface area contributed by atoms with Crippen LogP contribution in [0.1, 0.15) is 6.42 Å². The topological polar surface area (TPSA) is 73.7 Å². The predicted octanol–water partition coefficient (Wildman–Crippen LogP) is 0.363. The van der Waals surface area contributed by atoms with Crippen molar-refractivity contribution in [1.82, 2.24) is 14.5 Å². The summed E-state index contributed by atoms with van der Waals surface area (Å²) >= 11 is 0. The van der Waals surface area contributed by atoms with Gasteiger partial charge in [-0.25, -0.2) is 9.78 Å². The number of methoxy groups -OCH3 is 2. The van der Waals surface area contributed by atoms with E-state index in [1.165, 1.54) is 29.1 Å². The second kappa shape index (κ2) is 7.44. The van der Waals surface area contributed by atoms with Crippen molar-refractivity contribution < 1.29 is 19.1 Å². The number of aromatic nitrogens is 2. The van der Waals surface area contributed by atoms with Crippen molar-refractivity contribution in [2.45, 2.75) is 6.42 Å². The molecule has 0 fully saturated rings. The highest BCUT2D eigenvalue weighted by Gasteiger charge is 2.16. The van der Waals surface area contributed by atoms with Crippen LogP contribution in [0.5, 0.6) is 0 Å². The number of esters is 1. The first-order valence-electron chi connectivity index (χ1n) is 5.52. The van der Waals surface area contributed by atoms with Gasteiger partial charge in [0.2, 0.25) is 0 Å². The largest absolute Gasteiger partial charge is 0.469 e. The van der Waals surface area contributed by atoms with E-state index in [-0.39, 0.29) is 25.0 Å². The molecule has 0 unspecified atom stereocenters. The minimum Gasteiger partial charge on any atom is -0.469 e. The zero-order chi connectivity index (χ0) is 13.4. The van der Waals surface area contributed by atoms with E-state index >= 15 is 0 Å². The van der Waals surface area contributed by atoms with Gasteiger partial charge in [0.15, 0.2) is 0 Å². The van der Waals surface area contributed by atoms with Gasteiger partial charge in [-0.1, -0.05) is 0 Å². The Balaban J connectivity index is 2.59. The fraction of sp³-hybridized carbons (Fsp3) is 0.545. The van der Waals surface area contributed by atoms with Crippen molar-refractivity contribution in [3.63, 3.8) is 0 Å². The quantitative estimate of drug-likeness (QED) is 0.686. The summed E-state index contributed by atoms with van der Waals surface area (Å²) in [5, 5.41) is 0. The molecule has 0 saturated heterocycles. The molecule has 7 nitrogen and oxygen atoms in total. The minimum atomic E-state index is -0.351. The molecule has 0 aliphatic carbocycles. The van der Waals surface area contributed by atoms with Crippen LogP contribution in [-0.4, -0.2) is 60.4 Å². The van der Waals surface area contributed by atoms with Gasteiger partial charge in [0.05, 0.1) is 20.1 Å². The number of imidazole rings is 1. The maximum Gasteiger partial charge on any atom is 0.329 e. The molecule has 7 heteroatoms. The Morgan fingerprint density at radius 2 is 2.11 bits per heavy atom. The Labute approximate surface area is 105 Å². The van der Waals surface area contributed by atoms with Crippen LogP contribution in [0.3, 0.4) is 0 Å². The molecule has 100 valence electrons. The molecule has 1 aromatic rings. The molecule has 0 atom stereocenters. The molecule has 1 heterocycles. The monoisotopic (exact) mass is 255 g/mol. The molecule has 0 saturated carbocycles. The second-order valence-corrected chi connectivity index (χ2v) is 3.56.